The Labute approximate surface area is 119 Å². The number of nitriles is 1. The molecule has 0 amide bonds. The first-order valence-electron chi connectivity index (χ1n) is 6.88. The molecule has 1 aromatic rings. The molecule has 0 aliphatic carbocycles. The molecule has 0 bridgehead atoms. The van der Waals surface area contributed by atoms with E-state index in [0.29, 0.717) is 13.0 Å². The van der Waals surface area contributed by atoms with Crippen molar-refractivity contribution in [1.29, 1.82) is 5.26 Å². The second-order valence-electron chi connectivity index (χ2n) is 5.49. The summed E-state index contributed by atoms with van der Waals surface area (Å²) in [6, 6.07) is 12.5. The van der Waals surface area contributed by atoms with Crippen LogP contribution < -0.4 is 0 Å². The smallest absolute Gasteiger partial charge is 0.289 e. The van der Waals surface area contributed by atoms with E-state index in [1.54, 1.807) is 7.11 Å². The summed E-state index contributed by atoms with van der Waals surface area (Å²) >= 11 is 0. The van der Waals surface area contributed by atoms with Crippen molar-refractivity contribution in [1.82, 2.24) is 0 Å². The summed E-state index contributed by atoms with van der Waals surface area (Å²) in [6.45, 7) is 2.42. The van der Waals surface area contributed by atoms with Gasteiger partial charge in [-0.15, -0.1) is 0 Å². The Kier molecular flexibility index (Phi) is 3.12. The molecule has 1 aromatic carbocycles. The number of nitrogens with zero attached hydrogens (tertiary/aromatic N) is 2. The van der Waals surface area contributed by atoms with E-state index in [1.165, 1.54) is 0 Å². The van der Waals surface area contributed by atoms with Crippen LogP contribution in [0.5, 0.6) is 0 Å². The van der Waals surface area contributed by atoms with Crippen molar-refractivity contribution < 1.29 is 9.47 Å². The molecule has 3 atom stereocenters. The van der Waals surface area contributed by atoms with Crippen LogP contribution in [0, 0.1) is 16.7 Å². The number of methoxy groups -OCH3 is 1. The lowest BCUT2D eigenvalue weighted by atomic mass is 9.68. The molecular formula is C16H18N2O2. The van der Waals surface area contributed by atoms with Gasteiger partial charge in [0, 0.05) is 18.7 Å². The highest BCUT2D eigenvalue weighted by Crippen LogP contribution is 2.57. The molecule has 20 heavy (non-hydrogen) atoms. The lowest BCUT2D eigenvalue weighted by molar-refractivity contribution is -0.230. The summed E-state index contributed by atoms with van der Waals surface area (Å²) in [4.78, 5) is 4.56. The number of rotatable bonds is 2. The van der Waals surface area contributed by atoms with Crippen molar-refractivity contribution in [3.63, 3.8) is 0 Å². The zero-order valence-corrected chi connectivity index (χ0v) is 11.8. The number of benzene rings is 1. The summed E-state index contributed by atoms with van der Waals surface area (Å²) in [5, 5.41) is 9.89. The summed E-state index contributed by atoms with van der Waals surface area (Å²) < 4.78 is 11.5. The van der Waals surface area contributed by atoms with Crippen molar-refractivity contribution in [2.24, 2.45) is 10.4 Å². The summed E-state index contributed by atoms with van der Waals surface area (Å²) in [7, 11) is 1.57. The van der Waals surface area contributed by atoms with Crippen molar-refractivity contribution in [2.75, 3.05) is 13.7 Å². The third kappa shape index (κ3) is 1.64. The lowest BCUT2D eigenvalue weighted by Gasteiger charge is -2.41. The highest BCUT2D eigenvalue weighted by molar-refractivity contribution is 5.83. The fourth-order valence-corrected chi connectivity index (χ4v) is 3.39. The molecule has 3 unspecified atom stereocenters. The van der Waals surface area contributed by atoms with E-state index < -0.39 is 11.3 Å². The number of hydrogen-bond donors (Lipinski definition) is 0. The predicted molar refractivity (Wildman–Crippen MR) is 75.3 cm³/mol. The van der Waals surface area contributed by atoms with Crippen LogP contribution in [0.2, 0.25) is 0 Å². The maximum absolute atomic E-state index is 9.89. The largest absolute Gasteiger partial charge is 0.334 e. The quantitative estimate of drug-likeness (QED) is 0.830. The SMILES string of the molecule is COC12N=C(C)CCC1(C#N)C(c1ccccc1)CO2. The Bertz CT molecular complexity index is 578. The van der Waals surface area contributed by atoms with E-state index in [9.17, 15) is 5.26 Å². The van der Waals surface area contributed by atoms with E-state index >= 15 is 0 Å². The minimum atomic E-state index is -1.15. The summed E-state index contributed by atoms with van der Waals surface area (Å²) in [6.07, 6.45) is 1.53. The first kappa shape index (κ1) is 13.3. The zero-order chi connectivity index (χ0) is 14.2. The van der Waals surface area contributed by atoms with E-state index in [4.69, 9.17) is 9.47 Å². The maximum atomic E-state index is 9.89. The molecule has 104 valence electrons. The average molecular weight is 270 g/mol. The molecular weight excluding hydrogens is 252 g/mol. The van der Waals surface area contributed by atoms with Crippen molar-refractivity contribution >= 4 is 5.71 Å². The van der Waals surface area contributed by atoms with Crippen molar-refractivity contribution in [3.05, 3.63) is 35.9 Å². The van der Waals surface area contributed by atoms with Gasteiger partial charge in [0.2, 0.25) is 0 Å². The van der Waals surface area contributed by atoms with Crippen molar-refractivity contribution in [3.8, 4) is 6.07 Å². The second kappa shape index (κ2) is 4.69. The molecule has 1 saturated heterocycles. The molecule has 0 radical (unpaired) electrons. The first-order chi connectivity index (χ1) is 9.67. The predicted octanol–water partition coefficient (Wildman–Crippen LogP) is 2.87. The van der Waals surface area contributed by atoms with Crippen LogP contribution in [0.25, 0.3) is 0 Å². The van der Waals surface area contributed by atoms with Gasteiger partial charge >= 0.3 is 0 Å². The normalized spacial score (nSPS) is 36.0. The van der Waals surface area contributed by atoms with Gasteiger partial charge < -0.3 is 9.47 Å². The van der Waals surface area contributed by atoms with Crippen LogP contribution >= 0.6 is 0 Å². The molecule has 1 fully saturated rings. The Morgan fingerprint density at radius 1 is 1.40 bits per heavy atom. The lowest BCUT2D eigenvalue weighted by Crippen LogP contribution is -2.49. The van der Waals surface area contributed by atoms with Crippen LogP contribution in [0.3, 0.4) is 0 Å². The van der Waals surface area contributed by atoms with E-state index in [1.807, 2.05) is 37.3 Å². The van der Waals surface area contributed by atoms with Crippen LogP contribution in [-0.2, 0) is 9.47 Å². The van der Waals surface area contributed by atoms with E-state index in [0.717, 1.165) is 17.7 Å². The number of ether oxygens (including phenoxy) is 2. The molecule has 0 saturated carbocycles. The monoisotopic (exact) mass is 270 g/mol. The van der Waals surface area contributed by atoms with Gasteiger partial charge in [-0.05, 0) is 25.3 Å². The first-order valence-corrected chi connectivity index (χ1v) is 6.88. The molecule has 0 N–H and O–H groups in total. The third-order valence-electron chi connectivity index (χ3n) is 4.50. The van der Waals surface area contributed by atoms with Crippen LogP contribution in [-0.4, -0.2) is 25.3 Å². The van der Waals surface area contributed by atoms with Gasteiger partial charge in [0.1, 0.15) is 5.41 Å². The highest BCUT2D eigenvalue weighted by Gasteiger charge is 2.65. The van der Waals surface area contributed by atoms with Gasteiger partial charge in [0.05, 0.1) is 12.7 Å². The molecule has 3 rings (SSSR count). The van der Waals surface area contributed by atoms with Gasteiger partial charge in [-0.1, -0.05) is 30.3 Å². The molecule has 0 aromatic heterocycles. The number of hydrogen-bond acceptors (Lipinski definition) is 4. The fraction of sp³-hybridized carbons (Fsp3) is 0.500. The fourth-order valence-electron chi connectivity index (χ4n) is 3.39. The van der Waals surface area contributed by atoms with E-state index in [-0.39, 0.29) is 5.92 Å². The molecule has 2 heterocycles. The number of fused-ring (bicyclic) bond motifs is 1. The zero-order valence-electron chi connectivity index (χ0n) is 11.8. The summed E-state index contributed by atoms with van der Waals surface area (Å²) in [5.74, 6) is -1.16. The minimum Gasteiger partial charge on any atom is -0.334 e. The Morgan fingerprint density at radius 2 is 2.15 bits per heavy atom. The molecule has 2 aliphatic heterocycles. The summed E-state index contributed by atoms with van der Waals surface area (Å²) in [5.41, 5.74) is 1.34. The Morgan fingerprint density at radius 3 is 2.80 bits per heavy atom. The molecule has 0 spiro atoms. The topological polar surface area (TPSA) is 54.6 Å². The molecule has 2 aliphatic rings. The minimum absolute atomic E-state index is 0.00880. The van der Waals surface area contributed by atoms with Gasteiger partial charge in [-0.25, -0.2) is 4.99 Å². The van der Waals surface area contributed by atoms with Crippen LogP contribution in [0.4, 0.5) is 0 Å². The van der Waals surface area contributed by atoms with Gasteiger partial charge in [-0.3, -0.25) is 0 Å². The molecule has 4 nitrogen and oxygen atoms in total. The Balaban J connectivity index is 2.12. The van der Waals surface area contributed by atoms with Crippen LogP contribution in [0.15, 0.2) is 35.3 Å². The standard InChI is InChI=1S/C16H18N2O2/c1-12-8-9-15(11-17)14(13-6-4-3-5-7-13)10-20-16(15,18-12)19-2/h3-7,14H,8-10H2,1-2H3. The maximum Gasteiger partial charge on any atom is 0.289 e. The van der Waals surface area contributed by atoms with E-state index in [2.05, 4.69) is 11.1 Å². The Hall–Kier alpha value is -1.70. The highest BCUT2D eigenvalue weighted by atomic mass is 16.7. The van der Waals surface area contributed by atoms with Gasteiger partial charge in [0.25, 0.3) is 5.91 Å². The van der Waals surface area contributed by atoms with Gasteiger partial charge in [-0.2, -0.15) is 5.26 Å². The average Bonchev–Trinajstić information content (AvgIpc) is 2.83. The molecule has 4 heteroatoms. The number of aliphatic imine (C=N–C) groups is 1. The van der Waals surface area contributed by atoms with Gasteiger partial charge in [0.15, 0.2) is 0 Å². The second-order valence-corrected chi connectivity index (χ2v) is 5.49. The van der Waals surface area contributed by atoms with Crippen LogP contribution in [0.1, 0.15) is 31.2 Å². The van der Waals surface area contributed by atoms with Crippen molar-refractivity contribution in [2.45, 2.75) is 31.6 Å². The third-order valence-corrected chi connectivity index (χ3v) is 4.50.